The molecule has 0 saturated heterocycles. The highest BCUT2D eigenvalue weighted by atomic mass is 16.6. The number of amides is 1. The maximum atomic E-state index is 12.1. The second-order valence-electron chi connectivity index (χ2n) is 5.35. The first kappa shape index (κ1) is 21.0. The number of ether oxygens (including phenoxy) is 3. The Morgan fingerprint density at radius 1 is 1.04 bits per heavy atom. The first-order valence-corrected chi connectivity index (χ1v) is 7.94. The second kappa shape index (κ2) is 10.7. The average molecular weight is 361 g/mol. The van der Waals surface area contributed by atoms with Crippen molar-refractivity contribution in [3.8, 4) is 0 Å². The molecule has 26 heavy (non-hydrogen) atoms. The average Bonchev–Trinajstić information content (AvgIpc) is 2.61. The minimum absolute atomic E-state index is 0.0730. The van der Waals surface area contributed by atoms with Gasteiger partial charge in [-0.2, -0.15) is 0 Å². The lowest BCUT2D eigenvalue weighted by molar-refractivity contribution is -0.162. The van der Waals surface area contributed by atoms with Crippen molar-refractivity contribution in [2.45, 2.75) is 38.7 Å². The predicted molar refractivity (Wildman–Crippen MR) is 95.1 cm³/mol. The fraction of sp³-hybridized carbons (Fsp3) is 0.316. The van der Waals surface area contributed by atoms with Crippen LogP contribution in [0, 0.1) is 0 Å². The Hall–Kier alpha value is -3.09. The van der Waals surface area contributed by atoms with Gasteiger partial charge in [-0.15, -0.1) is 6.58 Å². The Labute approximate surface area is 152 Å². The van der Waals surface area contributed by atoms with Crippen LogP contribution in [0.15, 0.2) is 55.6 Å². The largest absolute Gasteiger partial charge is 0.456 e. The Morgan fingerprint density at radius 3 is 2.15 bits per heavy atom. The first-order valence-electron chi connectivity index (χ1n) is 7.94. The van der Waals surface area contributed by atoms with Gasteiger partial charge in [0.05, 0.1) is 6.04 Å². The zero-order valence-corrected chi connectivity index (χ0v) is 14.8. The van der Waals surface area contributed by atoms with E-state index in [0.717, 1.165) is 5.56 Å². The summed E-state index contributed by atoms with van der Waals surface area (Å²) in [6, 6.07) is 8.28. The molecule has 1 aromatic rings. The molecular weight excluding hydrogens is 338 g/mol. The van der Waals surface area contributed by atoms with Crippen molar-refractivity contribution in [1.29, 1.82) is 0 Å². The van der Waals surface area contributed by atoms with Gasteiger partial charge in [-0.1, -0.05) is 43.0 Å². The van der Waals surface area contributed by atoms with Crippen molar-refractivity contribution >= 4 is 18.0 Å². The van der Waals surface area contributed by atoms with Crippen molar-refractivity contribution in [2.75, 3.05) is 0 Å². The van der Waals surface area contributed by atoms with Crippen molar-refractivity contribution in [1.82, 2.24) is 5.32 Å². The summed E-state index contributed by atoms with van der Waals surface area (Å²) in [5.41, 5.74) is 0.818. The van der Waals surface area contributed by atoms with Gasteiger partial charge in [-0.3, -0.25) is 9.59 Å². The number of nitrogens with one attached hydrogen (secondary N) is 1. The van der Waals surface area contributed by atoms with E-state index in [4.69, 9.17) is 14.2 Å². The van der Waals surface area contributed by atoms with E-state index in [2.05, 4.69) is 18.5 Å². The first-order chi connectivity index (χ1) is 12.4. The van der Waals surface area contributed by atoms with Crippen LogP contribution < -0.4 is 5.32 Å². The zero-order chi connectivity index (χ0) is 19.5. The lowest BCUT2D eigenvalue weighted by atomic mass is 10.0. The molecule has 0 aliphatic heterocycles. The highest BCUT2D eigenvalue weighted by molar-refractivity contribution is 5.69. The van der Waals surface area contributed by atoms with Crippen LogP contribution in [0.4, 0.5) is 4.79 Å². The molecule has 0 radical (unpaired) electrons. The molecule has 140 valence electrons. The van der Waals surface area contributed by atoms with Gasteiger partial charge in [0, 0.05) is 13.8 Å². The fourth-order valence-corrected chi connectivity index (χ4v) is 2.15. The molecule has 0 unspecified atom stereocenters. The van der Waals surface area contributed by atoms with Crippen LogP contribution in [0.1, 0.15) is 19.4 Å². The molecule has 1 rings (SSSR count). The maximum Gasteiger partial charge on any atom is 0.408 e. The van der Waals surface area contributed by atoms with E-state index in [1.165, 1.54) is 26.0 Å². The van der Waals surface area contributed by atoms with Gasteiger partial charge in [0.2, 0.25) is 0 Å². The quantitative estimate of drug-likeness (QED) is 0.413. The van der Waals surface area contributed by atoms with Gasteiger partial charge in [-0.25, -0.2) is 4.79 Å². The predicted octanol–water partition coefficient (Wildman–Crippen LogP) is 2.52. The summed E-state index contributed by atoms with van der Waals surface area (Å²) in [5, 5.41) is 2.53. The number of hydrogen-bond acceptors (Lipinski definition) is 6. The number of benzene rings is 1. The highest BCUT2D eigenvalue weighted by Gasteiger charge is 2.32. The third kappa shape index (κ3) is 7.21. The van der Waals surface area contributed by atoms with Crippen LogP contribution in [0.2, 0.25) is 0 Å². The molecule has 0 aliphatic carbocycles. The van der Waals surface area contributed by atoms with Crippen LogP contribution in [0.25, 0.3) is 0 Å². The van der Waals surface area contributed by atoms with Crippen LogP contribution in [-0.2, 0) is 30.4 Å². The Kier molecular flexibility index (Phi) is 8.63. The molecule has 0 fully saturated rings. The van der Waals surface area contributed by atoms with E-state index >= 15 is 0 Å². The number of rotatable bonds is 9. The molecule has 0 aliphatic rings. The van der Waals surface area contributed by atoms with Gasteiger partial charge in [0.15, 0.2) is 12.2 Å². The van der Waals surface area contributed by atoms with Gasteiger partial charge in [0.1, 0.15) is 6.61 Å². The second-order valence-corrected chi connectivity index (χ2v) is 5.35. The van der Waals surface area contributed by atoms with E-state index in [1.54, 1.807) is 0 Å². The van der Waals surface area contributed by atoms with Crippen molar-refractivity contribution in [2.24, 2.45) is 0 Å². The maximum absolute atomic E-state index is 12.1. The molecule has 1 N–H and O–H groups in total. The van der Waals surface area contributed by atoms with Crippen LogP contribution >= 0.6 is 0 Å². The van der Waals surface area contributed by atoms with Gasteiger partial charge in [0.25, 0.3) is 0 Å². The monoisotopic (exact) mass is 361 g/mol. The number of carbonyl (C=O) groups is 3. The summed E-state index contributed by atoms with van der Waals surface area (Å²) in [6.45, 7) is 9.68. The number of alkyl carbamates (subject to hydrolysis) is 1. The minimum Gasteiger partial charge on any atom is -0.456 e. The summed E-state index contributed by atoms with van der Waals surface area (Å²) < 4.78 is 15.4. The topological polar surface area (TPSA) is 90.9 Å². The molecular formula is C19H23NO6. The minimum atomic E-state index is -1.03. The summed E-state index contributed by atoms with van der Waals surface area (Å²) in [4.78, 5) is 34.7. The Balaban J connectivity index is 2.79. The Bertz CT molecular complexity index is 643. The van der Waals surface area contributed by atoms with Crippen LogP contribution in [0.5, 0.6) is 0 Å². The number of carbonyl (C=O) groups excluding carboxylic acids is 3. The summed E-state index contributed by atoms with van der Waals surface area (Å²) in [6.07, 6.45) is -0.0640. The molecule has 0 heterocycles. The summed E-state index contributed by atoms with van der Waals surface area (Å²) >= 11 is 0. The SMILES string of the molecule is C=C[C@H](NC(=O)OCc1ccccc1)[C@H](OC(C)=O)[C@H](C=C)OC(C)=O. The normalized spacial score (nSPS) is 13.5. The van der Waals surface area contributed by atoms with Crippen LogP contribution in [0.3, 0.4) is 0 Å². The molecule has 0 spiro atoms. The molecule has 0 saturated carbocycles. The Morgan fingerprint density at radius 2 is 1.65 bits per heavy atom. The third-order valence-corrected chi connectivity index (χ3v) is 3.27. The lowest BCUT2D eigenvalue weighted by Gasteiger charge is -2.29. The molecule has 7 heteroatoms. The summed E-state index contributed by atoms with van der Waals surface area (Å²) in [5.74, 6) is -1.19. The lowest BCUT2D eigenvalue weighted by Crippen LogP contribution is -2.50. The summed E-state index contributed by atoms with van der Waals surface area (Å²) in [7, 11) is 0. The smallest absolute Gasteiger partial charge is 0.408 e. The fourth-order valence-electron chi connectivity index (χ4n) is 2.15. The van der Waals surface area contributed by atoms with E-state index in [0.29, 0.717) is 0 Å². The molecule has 1 aromatic carbocycles. The van der Waals surface area contributed by atoms with E-state index < -0.39 is 36.3 Å². The molecule has 3 atom stereocenters. The zero-order valence-electron chi connectivity index (χ0n) is 14.8. The van der Waals surface area contributed by atoms with E-state index in [9.17, 15) is 14.4 Å². The van der Waals surface area contributed by atoms with E-state index in [1.807, 2.05) is 30.3 Å². The van der Waals surface area contributed by atoms with Crippen LogP contribution in [-0.4, -0.2) is 36.3 Å². The van der Waals surface area contributed by atoms with Gasteiger partial charge >= 0.3 is 18.0 Å². The van der Waals surface area contributed by atoms with Gasteiger partial charge in [-0.05, 0) is 11.6 Å². The van der Waals surface area contributed by atoms with E-state index in [-0.39, 0.29) is 6.61 Å². The standard InChI is InChI=1S/C19H23NO6/c1-5-16(18(26-14(4)22)17(6-2)25-13(3)21)20-19(23)24-12-15-10-8-7-9-11-15/h5-11,16-18H,1-2,12H2,3-4H3,(H,20,23)/t16-,17-,18-/m0/s1. The molecule has 1 amide bonds. The molecule has 0 bridgehead atoms. The third-order valence-electron chi connectivity index (χ3n) is 3.27. The van der Waals surface area contributed by atoms with Crippen molar-refractivity contribution < 1.29 is 28.6 Å². The van der Waals surface area contributed by atoms with Crippen molar-refractivity contribution in [3.05, 3.63) is 61.2 Å². The van der Waals surface area contributed by atoms with Crippen molar-refractivity contribution in [3.63, 3.8) is 0 Å². The number of esters is 2. The highest BCUT2D eigenvalue weighted by Crippen LogP contribution is 2.13. The molecule has 7 nitrogen and oxygen atoms in total. The number of hydrogen-bond donors (Lipinski definition) is 1. The van der Waals surface area contributed by atoms with Gasteiger partial charge < -0.3 is 19.5 Å². The molecule has 0 aromatic heterocycles.